The van der Waals surface area contributed by atoms with E-state index < -0.39 is 23.7 Å². The van der Waals surface area contributed by atoms with Gasteiger partial charge in [0, 0.05) is 13.1 Å². The van der Waals surface area contributed by atoms with Gasteiger partial charge in [-0.15, -0.1) is 0 Å². The molecule has 0 saturated carbocycles. The smallest absolute Gasteiger partial charge is 0.416 e. The standard InChI is InChI=1S/C20H23F4N3O2/c1-3-10-27(12-13-6-5-7-14(11-13)20(22,23)24)16-9-8-15(18(25)17(16)21)26-19(28)29-4-2/h5-9,11H,3-4,10,12,25H2,1-2H3,(H,26,28). The van der Waals surface area contributed by atoms with Gasteiger partial charge < -0.3 is 15.4 Å². The van der Waals surface area contributed by atoms with Crippen molar-refractivity contribution in [2.75, 3.05) is 29.1 Å². The minimum absolute atomic E-state index is 0.0558. The Morgan fingerprint density at radius 1 is 1.21 bits per heavy atom. The molecule has 0 bridgehead atoms. The van der Waals surface area contributed by atoms with Gasteiger partial charge in [0.1, 0.15) is 0 Å². The first-order valence-corrected chi connectivity index (χ1v) is 9.10. The van der Waals surface area contributed by atoms with Gasteiger partial charge in [0.2, 0.25) is 0 Å². The number of amides is 1. The number of anilines is 3. The Morgan fingerprint density at radius 3 is 2.55 bits per heavy atom. The molecule has 0 atom stereocenters. The first-order chi connectivity index (χ1) is 13.7. The second-order valence-electron chi connectivity index (χ2n) is 6.33. The van der Waals surface area contributed by atoms with Crippen LogP contribution in [0.5, 0.6) is 0 Å². The number of hydrogen-bond donors (Lipinski definition) is 2. The van der Waals surface area contributed by atoms with Gasteiger partial charge in [0.25, 0.3) is 0 Å². The minimum atomic E-state index is -4.46. The number of benzene rings is 2. The highest BCUT2D eigenvalue weighted by Gasteiger charge is 2.30. The predicted molar refractivity (Wildman–Crippen MR) is 104 cm³/mol. The summed E-state index contributed by atoms with van der Waals surface area (Å²) in [6, 6.07) is 7.76. The zero-order chi connectivity index (χ0) is 21.6. The van der Waals surface area contributed by atoms with Crippen molar-refractivity contribution in [3.8, 4) is 0 Å². The number of halogens is 4. The van der Waals surface area contributed by atoms with Crippen molar-refractivity contribution in [2.24, 2.45) is 0 Å². The lowest BCUT2D eigenvalue weighted by Gasteiger charge is -2.26. The summed E-state index contributed by atoms with van der Waals surface area (Å²) < 4.78 is 58.5. The summed E-state index contributed by atoms with van der Waals surface area (Å²) in [6.45, 7) is 4.11. The number of carbonyl (C=O) groups excluding carboxylic acids is 1. The van der Waals surface area contributed by atoms with E-state index in [-0.39, 0.29) is 30.2 Å². The third-order valence-electron chi connectivity index (χ3n) is 4.13. The van der Waals surface area contributed by atoms with Crippen molar-refractivity contribution in [3.05, 3.63) is 53.3 Å². The molecule has 1 amide bonds. The first kappa shape index (κ1) is 22.3. The van der Waals surface area contributed by atoms with Crippen molar-refractivity contribution in [1.29, 1.82) is 0 Å². The zero-order valence-corrected chi connectivity index (χ0v) is 16.1. The molecule has 3 N–H and O–H groups in total. The highest BCUT2D eigenvalue weighted by molar-refractivity contribution is 5.90. The van der Waals surface area contributed by atoms with Crippen LogP contribution in [0.3, 0.4) is 0 Å². The third-order valence-corrected chi connectivity index (χ3v) is 4.13. The molecule has 0 fully saturated rings. The molecule has 29 heavy (non-hydrogen) atoms. The van der Waals surface area contributed by atoms with Crippen molar-refractivity contribution in [3.63, 3.8) is 0 Å². The van der Waals surface area contributed by atoms with Gasteiger partial charge >= 0.3 is 12.3 Å². The lowest BCUT2D eigenvalue weighted by atomic mass is 10.1. The van der Waals surface area contributed by atoms with Crippen LogP contribution in [0.1, 0.15) is 31.4 Å². The van der Waals surface area contributed by atoms with E-state index >= 15 is 0 Å². The predicted octanol–water partition coefficient (Wildman–Crippen LogP) is 5.41. The molecular weight excluding hydrogens is 390 g/mol. The van der Waals surface area contributed by atoms with E-state index in [1.807, 2.05) is 6.92 Å². The van der Waals surface area contributed by atoms with E-state index in [0.717, 1.165) is 12.1 Å². The molecule has 2 aromatic rings. The number of hydrogen-bond acceptors (Lipinski definition) is 4. The maximum atomic E-state index is 14.9. The van der Waals surface area contributed by atoms with Gasteiger partial charge in [-0.25, -0.2) is 9.18 Å². The zero-order valence-electron chi connectivity index (χ0n) is 16.1. The maximum absolute atomic E-state index is 14.9. The lowest BCUT2D eigenvalue weighted by Crippen LogP contribution is -2.25. The first-order valence-electron chi connectivity index (χ1n) is 9.10. The summed E-state index contributed by atoms with van der Waals surface area (Å²) in [5, 5.41) is 2.35. The van der Waals surface area contributed by atoms with Gasteiger partial charge in [-0.2, -0.15) is 13.2 Å². The highest BCUT2D eigenvalue weighted by atomic mass is 19.4. The Morgan fingerprint density at radius 2 is 1.93 bits per heavy atom. The molecule has 158 valence electrons. The Bertz CT molecular complexity index is 856. The molecule has 0 radical (unpaired) electrons. The summed E-state index contributed by atoms with van der Waals surface area (Å²) >= 11 is 0. The molecular formula is C20H23F4N3O2. The van der Waals surface area contributed by atoms with E-state index in [0.29, 0.717) is 18.5 Å². The van der Waals surface area contributed by atoms with E-state index in [9.17, 15) is 22.4 Å². The number of nitrogens with zero attached hydrogens (tertiary/aromatic N) is 1. The van der Waals surface area contributed by atoms with Crippen LogP contribution in [0.2, 0.25) is 0 Å². The maximum Gasteiger partial charge on any atom is 0.416 e. The van der Waals surface area contributed by atoms with Crippen molar-refractivity contribution in [2.45, 2.75) is 33.0 Å². The number of nitrogen functional groups attached to an aromatic ring is 1. The summed E-state index contributed by atoms with van der Waals surface area (Å²) in [5.41, 5.74) is 5.36. The van der Waals surface area contributed by atoms with Gasteiger partial charge in [-0.3, -0.25) is 5.32 Å². The second-order valence-corrected chi connectivity index (χ2v) is 6.33. The number of ether oxygens (including phenoxy) is 1. The van der Waals surface area contributed by atoms with Crippen LogP contribution >= 0.6 is 0 Å². The van der Waals surface area contributed by atoms with Crippen LogP contribution in [-0.4, -0.2) is 19.2 Å². The van der Waals surface area contributed by atoms with Gasteiger partial charge in [0.05, 0.1) is 29.2 Å². The van der Waals surface area contributed by atoms with Crippen LogP contribution in [0, 0.1) is 5.82 Å². The Kier molecular flexibility index (Phi) is 7.30. The van der Waals surface area contributed by atoms with Crippen LogP contribution in [0.25, 0.3) is 0 Å². The van der Waals surface area contributed by atoms with Crippen molar-refractivity contribution < 1.29 is 27.1 Å². The summed E-state index contributed by atoms with van der Waals surface area (Å²) in [5.74, 6) is -0.764. The Balaban J connectivity index is 2.31. The second kappa shape index (κ2) is 9.49. The highest BCUT2D eigenvalue weighted by Crippen LogP contribution is 2.33. The molecule has 0 unspecified atom stereocenters. The van der Waals surface area contributed by atoms with Crippen molar-refractivity contribution >= 4 is 23.2 Å². The summed E-state index contributed by atoms with van der Waals surface area (Å²) in [6.07, 6.45) is -4.58. The number of alkyl halides is 3. The average Bonchev–Trinajstić information content (AvgIpc) is 2.65. The van der Waals surface area contributed by atoms with Crippen LogP contribution in [0.4, 0.5) is 39.4 Å². The van der Waals surface area contributed by atoms with Crippen molar-refractivity contribution in [1.82, 2.24) is 0 Å². The Hall–Kier alpha value is -2.97. The van der Waals surface area contributed by atoms with Gasteiger partial charge in [-0.1, -0.05) is 19.1 Å². The molecule has 0 aromatic heterocycles. The molecule has 0 aliphatic heterocycles. The fraction of sp³-hybridized carbons (Fsp3) is 0.350. The lowest BCUT2D eigenvalue weighted by molar-refractivity contribution is -0.137. The van der Waals surface area contributed by atoms with Crippen LogP contribution < -0.4 is 16.0 Å². The van der Waals surface area contributed by atoms with E-state index in [1.54, 1.807) is 17.9 Å². The SMILES string of the molecule is CCCN(Cc1cccc(C(F)(F)F)c1)c1ccc(NC(=O)OCC)c(N)c1F. The third kappa shape index (κ3) is 5.75. The van der Waals surface area contributed by atoms with E-state index in [4.69, 9.17) is 10.5 Å². The normalized spacial score (nSPS) is 11.2. The fourth-order valence-corrected chi connectivity index (χ4v) is 2.83. The molecule has 0 spiro atoms. The Labute approximate surface area is 166 Å². The van der Waals surface area contributed by atoms with Gasteiger partial charge in [0.15, 0.2) is 5.82 Å². The van der Waals surface area contributed by atoms with E-state index in [1.165, 1.54) is 18.2 Å². The molecule has 5 nitrogen and oxygen atoms in total. The minimum Gasteiger partial charge on any atom is -0.450 e. The number of carbonyl (C=O) groups is 1. The summed E-state index contributed by atoms with van der Waals surface area (Å²) in [4.78, 5) is 13.1. The molecule has 2 rings (SSSR count). The number of nitrogens with two attached hydrogens (primary N) is 1. The van der Waals surface area contributed by atoms with E-state index in [2.05, 4.69) is 5.32 Å². The topological polar surface area (TPSA) is 67.6 Å². The van der Waals surface area contributed by atoms with Crippen LogP contribution in [-0.2, 0) is 17.5 Å². The monoisotopic (exact) mass is 413 g/mol. The summed E-state index contributed by atoms with van der Waals surface area (Å²) in [7, 11) is 0. The molecule has 2 aromatic carbocycles. The fourth-order valence-electron chi connectivity index (χ4n) is 2.83. The number of rotatable bonds is 7. The van der Waals surface area contributed by atoms with Gasteiger partial charge in [-0.05, 0) is 43.2 Å². The molecule has 0 heterocycles. The molecule has 9 heteroatoms. The molecule has 0 aliphatic carbocycles. The largest absolute Gasteiger partial charge is 0.450 e. The average molecular weight is 413 g/mol. The van der Waals surface area contributed by atoms with Crippen LogP contribution in [0.15, 0.2) is 36.4 Å². The molecule has 0 saturated heterocycles. The molecule has 0 aliphatic rings. The number of nitrogens with one attached hydrogen (secondary N) is 1. The quantitative estimate of drug-likeness (QED) is 0.470.